The zero-order chi connectivity index (χ0) is 23.6. The van der Waals surface area contributed by atoms with Crippen molar-refractivity contribution in [1.82, 2.24) is 9.21 Å². The SMILES string of the molecule is Cc1ccc(S(=O)(=O)N(CC(=O)N(Cc2ccc(F)cc2)Cc2sccc2C)C2CC2)cc1. The summed E-state index contributed by atoms with van der Waals surface area (Å²) in [6.07, 6.45) is 1.50. The van der Waals surface area contributed by atoms with Crippen LogP contribution < -0.4 is 0 Å². The number of halogens is 1. The molecule has 0 N–H and O–H groups in total. The van der Waals surface area contributed by atoms with Crippen LogP contribution in [0.3, 0.4) is 0 Å². The van der Waals surface area contributed by atoms with Gasteiger partial charge in [0.15, 0.2) is 0 Å². The van der Waals surface area contributed by atoms with Gasteiger partial charge in [-0.25, -0.2) is 12.8 Å². The molecular formula is C25H27FN2O3S2. The van der Waals surface area contributed by atoms with Gasteiger partial charge in [0.1, 0.15) is 5.82 Å². The Kier molecular flexibility index (Phi) is 6.97. The molecule has 174 valence electrons. The number of rotatable bonds is 9. The second-order valence-corrected chi connectivity index (χ2v) is 11.4. The van der Waals surface area contributed by atoms with Crippen molar-refractivity contribution >= 4 is 27.3 Å². The summed E-state index contributed by atoms with van der Waals surface area (Å²) in [6, 6.07) is 14.6. The summed E-state index contributed by atoms with van der Waals surface area (Å²) in [5.41, 5.74) is 2.85. The van der Waals surface area contributed by atoms with Crippen molar-refractivity contribution in [2.24, 2.45) is 0 Å². The fourth-order valence-electron chi connectivity index (χ4n) is 3.63. The highest BCUT2D eigenvalue weighted by Crippen LogP contribution is 2.32. The van der Waals surface area contributed by atoms with Gasteiger partial charge in [0, 0.05) is 17.5 Å². The number of sulfonamides is 1. The van der Waals surface area contributed by atoms with E-state index < -0.39 is 10.0 Å². The van der Waals surface area contributed by atoms with E-state index >= 15 is 0 Å². The molecule has 33 heavy (non-hydrogen) atoms. The standard InChI is InChI=1S/C25H27FN2O3S2/c1-18-3-11-23(12-4-18)33(30,31)28(22-9-10-22)17-25(29)27(16-24-19(2)13-14-32-24)15-20-5-7-21(26)8-6-20/h3-8,11-14,22H,9-10,15-17H2,1-2H3. The lowest BCUT2D eigenvalue weighted by molar-refractivity contribution is -0.132. The average molecular weight is 487 g/mol. The quantitative estimate of drug-likeness (QED) is 0.433. The summed E-state index contributed by atoms with van der Waals surface area (Å²) < 4.78 is 41.5. The molecule has 1 fully saturated rings. The summed E-state index contributed by atoms with van der Waals surface area (Å²) >= 11 is 1.56. The first kappa shape index (κ1) is 23.6. The number of hydrogen-bond donors (Lipinski definition) is 0. The molecule has 1 amide bonds. The minimum atomic E-state index is -3.79. The van der Waals surface area contributed by atoms with E-state index in [1.54, 1.807) is 52.6 Å². The van der Waals surface area contributed by atoms with E-state index in [1.807, 2.05) is 25.3 Å². The molecule has 4 rings (SSSR count). The first-order valence-electron chi connectivity index (χ1n) is 10.9. The van der Waals surface area contributed by atoms with Gasteiger partial charge in [-0.2, -0.15) is 4.31 Å². The van der Waals surface area contributed by atoms with Gasteiger partial charge in [0.05, 0.1) is 18.0 Å². The zero-order valence-electron chi connectivity index (χ0n) is 18.7. The van der Waals surface area contributed by atoms with Crippen LogP contribution >= 0.6 is 11.3 Å². The van der Waals surface area contributed by atoms with Gasteiger partial charge in [0.2, 0.25) is 15.9 Å². The summed E-state index contributed by atoms with van der Waals surface area (Å²) in [4.78, 5) is 16.4. The minimum Gasteiger partial charge on any atom is -0.332 e. The lowest BCUT2D eigenvalue weighted by atomic mass is 10.2. The number of nitrogens with zero attached hydrogens (tertiary/aromatic N) is 2. The number of hydrogen-bond acceptors (Lipinski definition) is 4. The van der Waals surface area contributed by atoms with Crippen molar-refractivity contribution in [2.45, 2.75) is 50.7 Å². The maximum Gasteiger partial charge on any atom is 0.243 e. The van der Waals surface area contributed by atoms with Gasteiger partial charge in [-0.15, -0.1) is 11.3 Å². The second kappa shape index (κ2) is 9.75. The monoisotopic (exact) mass is 486 g/mol. The predicted octanol–water partition coefficient (Wildman–Crippen LogP) is 4.89. The number of aryl methyl sites for hydroxylation is 2. The molecule has 3 aromatic rings. The van der Waals surface area contributed by atoms with E-state index in [2.05, 4.69) is 0 Å². The Balaban J connectivity index is 1.59. The Morgan fingerprint density at radius 3 is 2.24 bits per heavy atom. The maximum atomic E-state index is 13.5. The smallest absolute Gasteiger partial charge is 0.243 e. The molecule has 0 aliphatic heterocycles. The van der Waals surface area contributed by atoms with Crippen molar-refractivity contribution in [3.05, 3.63) is 87.4 Å². The molecule has 0 spiro atoms. The maximum absolute atomic E-state index is 13.5. The van der Waals surface area contributed by atoms with Crippen LogP contribution in [0.2, 0.25) is 0 Å². The Morgan fingerprint density at radius 1 is 1.00 bits per heavy atom. The molecule has 0 saturated heterocycles. The van der Waals surface area contributed by atoms with Gasteiger partial charge < -0.3 is 4.90 Å². The summed E-state index contributed by atoms with van der Waals surface area (Å²) in [6.45, 7) is 4.33. The van der Waals surface area contributed by atoms with E-state index in [4.69, 9.17) is 0 Å². The van der Waals surface area contributed by atoms with E-state index in [9.17, 15) is 17.6 Å². The highest BCUT2D eigenvalue weighted by Gasteiger charge is 2.40. The molecule has 5 nitrogen and oxygen atoms in total. The van der Waals surface area contributed by atoms with Gasteiger partial charge in [0.25, 0.3) is 0 Å². The second-order valence-electron chi connectivity index (χ2n) is 8.50. The Hall–Kier alpha value is -2.55. The van der Waals surface area contributed by atoms with Crippen molar-refractivity contribution in [2.75, 3.05) is 6.54 Å². The lowest BCUT2D eigenvalue weighted by Gasteiger charge is -2.27. The van der Waals surface area contributed by atoms with Crippen LogP contribution in [0.4, 0.5) is 4.39 Å². The molecule has 1 saturated carbocycles. The summed E-state index contributed by atoms with van der Waals surface area (Å²) in [5, 5.41) is 1.98. The molecule has 2 aromatic carbocycles. The number of thiophene rings is 1. The third kappa shape index (κ3) is 5.69. The van der Waals surface area contributed by atoms with E-state index in [0.29, 0.717) is 6.54 Å². The number of amides is 1. The van der Waals surface area contributed by atoms with Crippen LogP contribution in [-0.4, -0.2) is 36.1 Å². The Bertz CT molecular complexity index is 1220. The fraction of sp³-hybridized carbons (Fsp3) is 0.320. The third-order valence-electron chi connectivity index (χ3n) is 5.81. The molecule has 8 heteroatoms. The molecule has 0 bridgehead atoms. The number of benzene rings is 2. The highest BCUT2D eigenvalue weighted by molar-refractivity contribution is 7.89. The largest absolute Gasteiger partial charge is 0.332 e. The first-order chi connectivity index (χ1) is 15.7. The molecule has 1 heterocycles. The van der Waals surface area contributed by atoms with Crippen LogP contribution in [0, 0.1) is 19.7 Å². The molecule has 0 atom stereocenters. The molecule has 1 aliphatic carbocycles. The predicted molar refractivity (Wildman–Crippen MR) is 128 cm³/mol. The summed E-state index contributed by atoms with van der Waals surface area (Å²) in [7, 11) is -3.79. The fourth-order valence-corrected chi connectivity index (χ4v) is 6.19. The van der Waals surface area contributed by atoms with Crippen molar-refractivity contribution in [1.29, 1.82) is 0 Å². The van der Waals surface area contributed by atoms with E-state index in [-0.39, 0.29) is 35.8 Å². The normalized spacial score (nSPS) is 13.9. The van der Waals surface area contributed by atoms with Crippen molar-refractivity contribution in [3.8, 4) is 0 Å². The van der Waals surface area contributed by atoms with E-state index in [0.717, 1.165) is 34.4 Å². The number of carbonyl (C=O) groups excluding carboxylic acids is 1. The van der Waals surface area contributed by atoms with Crippen molar-refractivity contribution < 1.29 is 17.6 Å². The first-order valence-corrected chi connectivity index (χ1v) is 13.2. The van der Waals surface area contributed by atoms with Crippen LogP contribution in [0.1, 0.15) is 34.4 Å². The third-order valence-corrected chi connectivity index (χ3v) is 8.74. The molecule has 1 aromatic heterocycles. The topological polar surface area (TPSA) is 57.7 Å². The van der Waals surface area contributed by atoms with Crippen LogP contribution in [0.25, 0.3) is 0 Å². The Labute approximate surface area is 198 Å². The number of carbonyl (C=O) groups is 1. The van der Waals surface area contributed by atoms with Crippen molar-refractivity contribution in [3.63, 3.8) is 0 Å². The van der Waals surface area contributed by atoms with E-state index in [1.165, 1.54) is 16.4 Å². The highest BCUT2D eigenvalue weighted by atomic mass is 32.2. The Morgan fingerprint density at radius 2 is 1.67 bits per heavy atom. The minimum absolute atomic E-state index is 0.156. The van der Waals surface area contributed by atoms with Gasteiger partial charge in [-0.3, -0.25) is 4.79 Å². The van der Waals surface area contributed by atoms with Gasteiger partial charge in [-0.05, 0) is 73.5 Å². The summed E-state index contributed by atoms with van der Waals surface area (Å²) in [5.74, 6) is -0.607. The molecule has 0 radical (unpaired) electrons. The molecule has 0 unspecified atom stereocenters. The van der Waals surface area contributed by atoms with Gasteiger partial charge >= 0.3 is 0 Å². The van der Waals surface area contributed by atoms with Gasteiger partial charge in [-0.1, -0.05) is 29.8 Å². The zero-order valence-corrected chi connectivity index (χ0v) is 20.3. The van der Waals surface area contributed by atoms with Crippen LogP contribution in [0.5, 0.6) is 0 Å². The average Bonchev–Trinajstić information content (AvgIpc) is 3.55. The molecule has 1 aliphatic rings. The lowest BCUT2D eigenvalue weighted by Crippen LogP contribution is -2.43. The van der Waals surface area contributed by atoms with Crippen LogP contribution in [-0.2, 0) is 27.9 Å². The molecular weight excluding hydrogens is 459 g/mol. The van der Waals surface area contributed by atoms with Crippen LogP contribution in [0.15, 0.2) is 64.9 Å².